The van der Waals surface area contributed by atoms with Gasteiger partial charge in [0.05, 0.1) is 16.2 Å². The van der Waals surface area contributed by atoms with Gasteiger partial charge >= 0.3 is 0 Å². The van der Waals surface area contributed by atoms with E-state index in [1.165, 1.54) is 4.90 Å². The number of aliphatic imine (C=N–C) groups is 1. The van der Waals surface area contributed by atoms with Crippen molar-refractivity contribution in [2.45, 2.75) is 4.90 Å². The molecule has 0 bridgehead atoms. The molecule has 0 unspecified atom stereocenters. The van der Waals surface area contributed by atoms with Gasteiger partial charge in [0.2, 0.25) is 5.96 Å². The third-order valence-electron chi connectivity index (χ3n) is 3.72. The lowest BCUT2D eigenvalue weighted by atomic mass is 10.2. The van der Waals surface area contributed by atoms with Crippen LogP contribution < -0.4 is 10.6 Å². The topological polar surface area (TPSA) is 54.5 Å². The SMILES string of the molecule is CSc1cccc(N(C)C(N)=Nc2ccc(Cl)c3ncccc23)c1. The lowest BCUT2D eigenvalue weighted by molar-refractivity contribution is 1.21. The Balaban J connectivity index is 2.00. The molecule has 0 fully saturated rings. The summed E-state index contributed by atoms with van der Waals surface area (Å²) in [5, 5.41) is 1.48. The highest BCUT2D eigenvalue weighted by molar-refractivity contribution is 7.98. The minimum absolute atomic E-state index is 0.403. The first kappa shape index (κ1) is 16.6. The zero-order valence-electron chi connectivity index (χ0n) is 13.4. The molecule has 3 rings (SSSR count). The average Bonchev–Trinajstić information content (AvgIpc) is 2.63. The van der Waals surface area contributed by atoms with E-state index in [9.17, 15) is 0 Å². The fourth-order valence-electron chi connectivity index (χ4n) is 2.37. The third-order valence-corrected chi connectivity index (χ3v) is 4.75. The fourth-order valence-corrected chi connectivity index (χ4v) is 3.04. The highest BCUT2D eigenvalue weighted by Gasteiger charge is 2.09. The molecule has 0 aliphatic carbocycles. The smallest absolute Gasteiger partial charge is 0.200 e. The summed E-state index contributed by atoms with van der Waals surface area (Å²) in [4.78, 5) is 11.9. The molecule has 0 spiro atoms. The quantitative estimate of drug-likeness (QED) is 0.420. The predicted octanol–water partition coefficient (Wildman–Crippen LogP) is 4.69. The Morgan fingerprint density at radius 3 is 2.83 bits per heavy atom. The molecule has 0 saturated carbocycles. The van der Waals surface area contributed by atoms with Gasteiger partial charge in [-0.3, -0.25) is 4.98 Å². The molecule has 0 aliphatic rings. The lowest BCUT2D eigenvalue weighted by Crippen LogP contribution is -2.33. The van der Waals surface area contributed by atoms with Crippen molar-refractivity contribution in [1.82, 2.24) is 4.98 Å². The van der Waals surface area contributed by atoms with Crippen LogP contribution in [-0.2, 0) is 0 Å². The molecular formula is C18H17ClN4S. The Bertz CT molecular complexity index is 910. The second-order valence-corrected chi connectivity index (χ2v) is 6.48. The summed E-state index contributed by atoms with van der Waals surface area (Å²) in [7, 11) is 1.90. The molecule has 0 radical (unpaired) electrons. The molecular weight excluding hydrogens is 340 g/mol. The maximum Gasteiger partial charge on any atom is 0.200 e. The van der Waals surface area contributed by atoms with Gasteiger partial charge in [-0.05, 0) is 48.7 Å². The first-order valence-electron chi connectivity index (χ1n) is 7.35. The van der Waals surface area contributed by atoms with Crippen LogP contribution in [0.4, 0.5) is 11.4 Å². The highest BCUT2D eigenvalue weighted by atomic mass is 35.5. The largest absolute Gasteiger partial charge is 0.369 e. The molecule has 0 atom stereocenters. The first-order chi connectivity index (χ1) is 11.6. The molecule has 6 heteroatoms. The van der Waals surface area contributed by atoms with Crippen molar-refractivity contribution in [3.63, 3.8) is 0 Å². The van der Waals surface area contributed by atoms with Crippen LogP contribution >= 0.6 is 23.4 Å². The summed E-state index contributed by atoms with van der Waals surface area (Å²) in [6.45, 7) is 0. The monoisotopic (exact) mass is 356 g/mol. The number of nitrogens with two attached hydrogens (primary N) is 1. The van der Waals surface area contributed by atoms with Crippen LogP contribution in [0.5, 0.6) is 0 Å². The number of rotatable bonds is 3. The Hall–Kier alpha value is -2.24. The van der Waals surface area contributed by atoms with Crippen LogP contribution in [0, 0.1) is 0 Å². The minimum atomic E-state index is 0.403. The summed E-state index contributed by atoms with van der Waals surface area (Å²) < 4.78 is 0. The number of nitrogens with zero attached hydrogens (tertiary/aromatic N) is 3. The molecule has 2 N–H and O–H groups in total. The van der Waals surface area contributed by atoms with Crippen molar-refractivity contribution in [2.24, 2.45) is 10.7 Å². The van der Waals surface area contributed by atoms with Crippen LogP contribution in [-0.4, -0.2) is 24.2 Å². The van der Waals surface area contributed by atoms with E-state index in [0.717, 1.165) is 22.3 Å². The van der Waals surface area contributed by atoms with Gasteiger partial charge in [0.15, 0.2) is 0 Å². The van der Waals surface area contributed by atoms with Gasteiger partial charge in [-0.2, -0.15) is 0 Å². The Kier molecular flexibility index (Phi) is 4.92. The molecule has 0 amide bonds. The molecule has 1 heterocycles. The van der Waals surface area contributed by atoms with Crippen molar-refractivity contribution < 1.29 is 0 Å². The number of fused-ring (bicyclic) bond motifs is 1. The zero-order valence-corrected chi connectivity index (χ0v) is 15.0. The van der Waals surface area contributed by atoms with Gasteiger partial charge < -0.3 is 10.6 Å². The van der Waals surface area contributed by atoms with Gasteiger partial charge in [-0.1, -0.05) is 17.7 Å². The molecule has 4 nitrogen and oxygen atoms in total. The van der Waals surface area contributed by atoms with E-state index in [2.05, 4.69) is 22.1 Å². The van der Waals surface area contributed by atoms with Crippen molar-refractivity contribution in [3.8, 4) is 0 Å². The molecule has 3 aromatic rings. The van der Waals surface area contributed by atoms with Crippen LogP contribution in [0.2, 0.25) is 5.02 Å². The molecule has 2 aromatic carbocycles. The highest BCUT2D eigenvalue weighted by Crippen LogP contribution is 2.30. The first-order valence-corrected chi connectivity index (χ1v) is 8.95. The number of aromatic nitrogens is 1. The molecule has 0 aliphatic heterocycles. The minimum Gasteiger partial charge on any atom is -0.369 e. The van der Waals surface area contributed by atoms with E-state index in [-0.39, 0.29) is 0 Å². The lowest BCUT2D eigenvalue weighted by Gasteiger charge is -2.19. The second-order valence-electron chi connectivity index (χ2n) is 5.20. The van der Waals surface area contributed by atoms with E-state index in [1.807, 2.05) is 48.5 Å². The van der Waals surface area contributed by atoms with Gasteiger partial charge in [0, 0.05) is 29.2 Å². The number of thioether (sulfide) groups is 1. The van der Waals surface area contributed by atoms with Crippen LogP contribution in [0.1, 0.15) is 0 Å². The van der Waals surface area contributed by atoms with Gasteiger partial charge in [0.1, 0.15) is 0 Å². The van der Waals surface area contributed by atoms with E-state index in [1.54, 1.807) is 24.0 Å². The van der Waals surface area contributed by atoms with Crippen LogP contribution in [0.15, 0.2) is 64.6 Å². The maximum atomic E-state index is 6.22. The summed E-state index contributed by atoms with van der Waals surface area (Å²) in [5.74, 6) is 0.403. The molecule has 122 valence electrons. The van der Waals surface area contributed by atoms with Crippen molar-refractivity contribution in [1.29, 1.82) is 0 Å². The number of anilines is 1. The number of benzene rings is 2. The molecule has 1 aromatic heterocycles. The van der Waals surface area contributed by atoms with E-state index in [4.69, 9.17) is 17.3 Å². The van der Waals surface area contributed by atoms with Crippen molar-refractivity contribution in [2.75, 3.05) is 18.2 Å². The van der Waals surface area contributed by atoms with Crippen LogP contribution in [0.25, 0.3) is 10.9 Å². The van der Waals surface area contributed by atoms with Crippen LogP contribution in [0.3, 0.4) is 0 Å². The third kappa shape index (κ3) is 3.32. The fraction of sp³-hybridized carbons (Fsp3) is 0.111. The van der Waals surface area contributed by atoms with Crippen molar-refractivity contribution >= 4 is 51.6 Å². The second kappa shape index (κ2) is 7.11. The standard InChI is InChI=1S/C18H17ClN4S/c1-23(12-5-3-6-13(11-12)24-2)18(20)22-16-9-8-15(19)17-14(16)7-4-10-21-17/h3-11H,1-2H3,(H2,20,22). The van der Waals surface area contributed by atoms with E-state index < -0.39 is 0 Å². The Morgan fingerprint density at radius 2 is 2.04 bits per heavy atom. The number of hydrogen-bond donors (Lipinski definition) is 1. The Morgan fingerprint density at radius 1 is 1.21 bits per heavy atom. The van der Waals surface area contributed by atoms with Gasteiger partial charge in [-0.15, -0.1) is 11.8 Å². The van der Waals surface area contributed by atoms with Crippen molar-refractivity contribution in [3.05, 3.63) is 59.8 Å². The molecule has 0 saturated heterocycles. The summed E-state index contributed by atoms with van der Waals surface area (Å²) >= 11 is 7.89. The zero-order chi connectivity index (χ0) is 17.1. The van der Waals surface area contributed by atoms with E-state index >= 15 is 0 Å². The Labute approximate surface area is 150 Å². The summed E-state index contributed by atoms with van der Waals surface area (Å²) in [6, 6.07) is 15.6. The summed E-state index contributed by atoms with van der Waals surface area (Å²) in [6.07, 6.45) is 3.76. The normalized spacial score (nSPS) is 11.7. The van der Waals surface area contributed by atoms with Gasteiger partial charge in [-0.25, -0.2) is 4.99 Å². The molecule has 24 heavy (non-hydrogen) atoms. The number of guanidine groups is 1. The predicted molar refractivity (Wildman–Crippen MR) is 105 cm³/mol. The van der Waals surface area contributed by atoms with Gasteiger partial charge in [0.25, 0.3) is 0 Å². The average molecular weight is 357 g/mol. The number of halogens is 1. The number of hydrogen-bond acceptors (Lipinski definition) is 3. The number of pyridine rings is 1. The summed E-state index contributed by atoms with van der Waals surface area (Å²) in [5.41, 5.74) is 8.67. The maximum absolute atomic E-state index is 6.22. The van der Waals surface area contributed by atoms with E-state index in [0.29, 0.717) is 11.0 Å².